The minimum absolute atomic E-state index is 0.0854. The second kappa shape index (κ2) is 6.76. The van der Waals surface area contributed by atoms with Gasteiger partial charge in [-0.05, 0) is 50.9 Å². The smallest absolute Gasteiger partial charge is 0.269 e. The molecule has 26 heavy (non-hydrogen) atoms. The van der Waals surface area contributed by atoms with Gasteiger partial charge in [-0.1, -0.05) is 48.5 Å². The molecule has 0 amide bonds. The van der Waals surface area contributed by atoms with Crippen LogP contribution in [0.1, 0.15) is 11.1 Å². The molecule has 0 N–H and O–H groups in total. The Morgan fingerprint density at radius 1 is 0.846 bits per heavy atom. The Balaban J connectivity index is 1.70. The molecule has 0 saturated carbocycles. The third kappa shape index (κ3) is 3.05. The van der Waals surface area contributed by atoms with Crippen molar-refractivity contribution in [1.82, 2.24) is 0 Å². The highest BCUT2D eigenvalue weighted by Crippen LogP contribution is 2.29. The summed E-state index contributed by atoms with van der Waals surface area (Å²) in [5, 5.41) is 15.5. The van der Waals surface area contributed by atoms with E-state index in [1.54, 1.807) is 18.3 Å². The summed E-state index contributed by atoms with van der Waals surface area (Å²) in [6.07, 6.45) is 1.76. The summed E-state index contributed by atoms with van der Waals surface area (Å²) in [7, 11) is 0. The number of rotatable bonds is 4. The van der Waals surface area contributed by atoms with Crippen molar-refractivity contribution in [2.45, 2.75) is 6.54 Å². The minimum atomic E-state index is -0.400. The topological polar surface area (TPSA) is 55.5 Å². The fourth-order valence-corrected chi connectivity index (χ4v) is 3.20. The maximum Gasteiger partial charge on any atom is 0.269 e. The van der Waals surface area contributed by atoms with Gasteiger partial charge in [0.15, 0.2) is 0 Å². The number of fused-ring (bicyclic) bond motifs is 2. The number of hydrogen-bond acceptors (Lipinski definition) is 3. The number of benzene rings is 4. The van der Waals surface area contributed by atoms with Gasteiger partial charge >= 0.3 is 0 Å². The van der Waals surface area contributed by atoms with Crippen LogP contribution in [0.25, 0.3) is 21.5 Å². The maximum atomic E-state index is 10.7. The Hall–Kier alpha value is -3.53. The summed E-state index contributed by atoms with van der Waals surface area (Å²) in [5.74, 6) is 0. The van der Waals surface area contributed by atoms with Crippen LogP contribution >= 0.6 is 0 Å². The largest absolute Gasteiger partial charge is 0.288 e. The van der Waals surface area contributed by atoms with E-state index >= 15 is 0 Å². The molecule has 0 spiro atoms. The van der Waals surface area contributed by atoms with Crippen LogP contribution in [0.15, 0.2) is 83.9 Å². The van der Waals surface area contributed by atoms with Crippen molar-refractivity contribution in [3.8, 4) is 0 Å². The molecule has 4 rings (SSSR count). The standard InChI is InChI=1S/C22H16N2O2/c25-24(26)19-11-9-16(10-12-19)14-23-15-22-20-7-3-1-5-17(20)13-18-6-2-4-8-21(18)22/h1-14H,15H2/b23-14+. The van der Waals surface area contributed by atoms with Gasteiger partial charge in [-0.25, -0.2) is 0 Å². The van der Waals surface area contributed by atoms with Crippen LogP contribution in [-0.2, 0) is 6.54 Å². The Morgan fingerprint density at radius 2 is 1.42 bits per heavy atom. The van der Waals surface area contributed by atoms with Gasteiger partial charge in [0.1, 0.15) is 0 Å². The Labute approximate surface area is 150 Å². The predicted octanol–water partition coefficient (Wildman–Crippen LogP) is 5.52. The first kappa shape index (κ1) is 16.0. The van der Waals surface area contributed by atoms with Crippen molar-refractivity contribution in [3.63, 3.8) is 0 Å². The lowest BCUT2D eigenvalue weighted by molar-refractivity contribution is -0.384. The quantitative estimate of drug-likeness (QED) is 0.212. The summed E-state index contributed by atoms with van der Waals surface area (Å²) >= 11 is 0. The predicted molar refractivity (Wildman–Crippen MR) is 106 cm³/mol. The van der Waals surface area contributed by atoms with Gasteiger partial charge in [0.25, 0.3) is 5.69 Å². The molecule has 4 heteroatoms. The lowest BCUT2D eigenvalue weighted by Gasteiger charge is -2.09. The van der Waals surface area contributed by atoms with E-state index in [0.717, 1.165) is 5.56 Å². The van der Waals surface area contributed by atoms with Gasteiger partial charge in [-0.2, -0.15) is 0 Å². The summed E-state index contributed by atoms with van der Waals surface area (Å²) in [4.78, 5) is 14.9. The van der Waals surface area contributed by atoms with Gasteiger partial charge < -0.3 is 0 Å². The lowest BCUT2D eigenvalue weighted by atomic mass is 9.97. The van der Waals surface area contributed by atoms with E-state index in [9.17, 15) is 10.1 Å². The molecule has 0 fully saturated rings. The summed E-state index contributed by atoms with van der Waals surface area (Å²) in [6.45, 7) is 0.554. The number of nitrogens with zero attached hydrogens (tertiary/aromatic N) is 2. The molecule has 4 aromatic rings. The molecule has 0 radical (unpaired) electrons. The fourth-order valence-electron chi connectivity index (χ4n) is 3.20. The number of nitro benzene ring substituents is 1. The lowest BCUT2D eigenvalue weighted by Crippen LogP contribution is -1.91. The zero-order valence-corrected chi connectivity index (χ0v) is 14.0. The molecule has 0 bridgehead atoms. The monoisotopic (exact) mass is 340 g/mol. The zero-order chi connectivity index (χ0) is 17.9. The van der Waals surface area contributed by atoms with Crippen LogP contribution in [0.5, 0.6) is 0 Å². The molecular weight excluding hydrogens is 324 g/mol. The van der Waals surface area contributed by atoms with E-state index in [2.05, 4.69) is 35.3 Å². The average Bonchev–Trinajstić information content (AvgIpc) is 2.68. The molecule has 0 heterocycles. The molecule has 0 unspecified atom stereocenters. The van der Waals surface area contributed by atoms with Gasteiger partial charge in [0.05, 0.1) is 11.5 Å². The van der Waals surface area contributed by atoms with E-state index in [1.807, 2.05) is 24.3 Å². The van der Waals surface area contributed by atoms with Crippen LogP contribution in [-0.4, -0.2) is 11.1 Å². The first-order valence-corrected chi connectivity index (χ1v) is 8.36. The Kier molecular flexibility index (Phi) is 4.15. The number of aliphatic imine (C=N–C) groups is 1. The average molecular weight is 340 g/mol. The molecule has 0 aliphatic heterocycles. The van der Waals surface area contributed by atoms with Crippen LogP contribution < -0.4 is 0 Å². The number of hydrogen-bond donors (Lipinski definition) is 0. The van der Waals surface area contributed by atoms with Gasteiger partial charge in [-0.15, -0.1) is 0 Å². The Morgan fingerprint density at radius 3 is 2.00 bits per heavy atom. The second-order valence-corrected chi connectivity index (χ2v) is 6.12. The molecule has 0 aromatic heterocycles. The van der Waals surface area contributed by atoms with Crippen LogP contribution in [0.3, 0.4) is 0 Å². The SMILES string of the molecule is O=[N+]([O-])c1ccc(/C=N/Cc2c3ccccc3cc3ccccc23)cc1. The van der Waals surface area contributed by atoms with E-state index in [0.29, 0.717) is 6.54 Å². The molecule has 0 atom stereocenters. The summed E-state index contributed by atoms with van der Waals surface area (Å²) in [6, 6.07) is 25.3. The van der Waals surface area contributed by atoms with Gasteiger partial charge in [0.2, 0.25) is 0 Å². The first-order valence-electron chi connectivity index (χ1n) is 8.36. The van der Waals surface area contributed by atoms with Crippen molar-refractivity contribution < 1.29 is 4.92 Å². The van der Waals surface area contributed by atoms with E-state index in [1.165, 1.54) is 39.2 Å². The maximum absolute atomic E-state index is 10.7. The van der Waals surface area contributed by atoms with E-state index in [-0.39, 0.29) is 5.69 Å². The zero-order valence-electron chi connectivity index (χ0n) is 14.0. The molecule has 0 saturated heterocycles. The van der Waals surface area contributed by atoms with Crippen LogP contribution in [0.2, 0.25) is 0 Å². The highest BCUT2D eigenvalue weighted by atomic mass is 16.6. The van der Waals surface area contributed by atoms with Crippen molar-refractivity contribution in [2.75, 3.05) is 0 Å². The van der Waals surface area contributed by atoms with Crippen molar-refractivity contribution in [3.05, 3.63) is 100 Å². The normalized spacial score (nSPS) is 11.4. The second-order valence-electron chi connectivity index (χ2n) is 6.12. The van der Waals surface area contributed by atoms with Crippen LogP contribution in [0.4, 0.5) is 5.69 Å². The third-order valence-corrected chi connectivity index (χ3v) is 4.48. The molecule has 0 aliphatic rings. The number of nitro groups is 1. The van der Waals surface area contributed by atoms with Gasteiger partial charge in [0, 0.05) is 18.3 Å². The molecular formula is C22H16N2O2. The highest BCUT2D eigenvalue weighted by Gasteiger charge is 2.06. The summed E-state index contributed by atoms with van der Waals surface area (Å²) in [5.41, 5.74) is 2.12. The minimum Gasteiger partial charge on any atom is -0.288 e. The molecule has 126 valence electrons. The van der Waals surface area contributed by atoms with E-state index in [4.69, 9.17) is 0 Å². The van der Waals surface area contributed by atoms with Gasteiger partial charge in [-0.3, -0.25) is 15.1 Å². The van der Waals surface area contributed by atoms with Crippen molar-refractivity contribution >= 4 is 33.4 Å². The van der Waals surface area contributed by atoms with E-state index < -0.39 is 4.92 Å². The van der Waals surface area contributed by atoms with Crippen LogP contribution in [0, 0.1) is 10.1 Å². The molecule has 0 aliphatic carbocycles. The number of non-ortho nitro benzene ring substituents is 1. The Bertz CT molecular complexity index is 1080. The first-order chi connectivity index (χ1) is 12.7. The fraction of sp³-hybridized carbons (Fsp3) is 0.0455. The van der Waals surface area contributed by atoms with Crippen molar-refractivity contribution in [2.24, 2.45) is 4.99 Å². The molecule has 4 aromatic carbocycles. The third-order valence-electron chi connectivity index (χ3n) is 4.48. The molecule has 4 nitrogen and oxygen atoms in total. The summed E-state index contributed by atoms with van der Waals surface area (Å²) < 4.78 is 0. The highest BCUT2D eigenvalue weighted by molar-refractivity contribution is 6.02. The van der Waals surface area contributed by atoms with Crippen molar-refractivity contribution in [1.29, 1.82) is 0 Å².